The summed E-state index contributed by atoms with van der Waals surface area (Å²) in [6, 6.07) is 8.34. The molecule has 2 aromatic rings. The minimum Gasteiger partial charge on any atom is -0.346 e. The monoisotopic (exact) mass is 421 g/mol. The van der Waals surface area contributed by atoms with Gasteiger partial charge in [-0.05, 0) is 49.4 Å². The van der Waals surface area contributed by atoms with E-state index in [1.807, 2.05) is 25.3 Å². The molecule has 0 aliphatic carbocycles. The molecule has 0 radical (unpaired) electrons. The summed E-state index contributed by atoms with van der Waals surface area (Å²) < 4.78 is 26.7. The predicted molar refractivity (Wildman–Crippen MR) is 108 cm³/mol. The zero-order chi connectivity index (χ0) is 20.3. The highest BCUT2D eigenvalue weighted by atomic mass is 32.2. The van der Waals surface area contributed by atoms with Crippen LogP contribution in [0.2, 0.25) is 0 Å². The maximum atomic E-state index is 12.5. The number of carbonyl (C=O) groups is 2. The Balaban J connectivity index is 1.49. The number of benzene rings is 1. The summed E-state index contributed by atoms with van der Waals surface area (Å²) in [5.74, 6) is -0.732. The normalized spacial score (nSPS) is 16.5. The van der Waals surface area contributed by atoms with Gasteiger partial charge in [0.2, 0.25) is 21.8 Å². The van der Waals surface area contributed by atoms with Crippen molar-refractivity contribution in [1.82, 2.24) is 14.9 Å². The van der Waals surface area contributed by atoms with Gasteiger partial charge in [-0.3, -0.25) is 9.59 Å². The van der Waals surface area contributed by atoms with E-state index in [9.17, 15) is 18.0 Å². The van der Waals surface area contributed by atoms with Crippen molar-refractivity contribution in [3.8, 4) is 0 Å². The van der Waals surface area contributed by atoms with Gasteiger partial charge in [-0.1, -0.05) is 17.7 Å². The number of sulfonamides is 1. The quantitative estimate of drug-likeness (QED) is 0.741. The number of hydrogen-bond acceptors (Lipinski definition) is 5. The molecule has 1 aliphatic heterocycles. The van der Waals surface area contributed by atoms with E-state index in [4.69, 9.17) is 0 Å². The number of amides is 2. The van der Waals surface area contributed by atoms with Crippen LogP contribution in [0.3, 0.4) is 0 Å². The Morgan fingerprint density at radius 1 is 1.18 bits per heavy atom. The minimum absolute atomic E-state index is 0.0283. The zero-order valence-electron chi connectivity index (χ0n) is 15.8. The van der Waals surface area contributed by atoms with Crippen molar-refractivity contribution in [2.45, 2.75) is 31.2 Å². The third kappa shape index (κ3) is 4.60. The predicted octanol–water partition coefficient (Wildman–Crippen LogP) is 1.60. The fourth-order valence-electron chi connectivity index (χ4n) is 3.15. The molecule has 0 fully saturated rings. The summed E-state index contributed by atoms with van der Waals surface area (Å²) in [5, 5.41) is 4.52. The standard InChI is InChI=1S/C19H23N3O4S2/c1-13-3-5-15(6-4-13)28(25,26)21-11-18(23)20-12-19(24)22-9-7-17-16(14(22)2)8-10-27-17/h3-6,8,10,14,21H,7,9,11-12H2,1-2H3,(H,20,23)/t14-/m1/s1. The Morgan fingerprint density at radius 2 is 1.89 bits per heavy atom. The van der Waals surface area contributed by atoms with Crippen molar-refractivity contribution in [3.05, 3.63) is 51.7 Å². The first-order valence-corrected chi connectivity index (χ1v) is 11.3. The van der Waals surface area contributed by atoms with Crippen LogP contribution in [0, 0.1) is 6.92 Å². The van der Waals surface area contributed by atoms with Crippen LogP contribution >= 0.6 is 11.3 Å². The molecule has 1 aromatic heterocycles. The van der Waals surface area contributed by atoms with Gasteiger partial charge < -0.3 is 10.2 Å². The van der Waals surface area contributed by atoms with E-state index >= 15 is 0 Å². The van der Waals surface area contributed by atoms with E-state index in [0.717, 1.165) is 17.5 Å². The van der Waals surface area contributed by atoms with Crippen molar-refractivity contribution < 1.29 is 18.0 Å². The maximum Gasteiger partial charge on any atom is 0.242 e. The summed E-state index contributed by atoms with van der Waals surface area (Å²) >= 11 is 1.70. The van der Waals surface area contributed by atoms with Gasteiger partial charge >= 0.3 is 0 Å². The largest absolute Gasteiger partial charge is 0.346 e. The van der Waals surface area contributed by atoms with Crippen LogP contribution in [0.1, 0.15) is 29.0 Å². The van der Waals surface area contributed by atoms with Gasteiger partial charge in [-0.15, -0.1) is 11.3 Å². The molecular weight excluding hydrogens is 398 g/mol. The second kappa shape index (κ2) is 8.42. The number of nitrogens with one attached hydrogen (secondary N) is 2. The molecule has 28 heavy (non-hydrogen) atoms. The minimum atomic E-state index is -3.77. The second-order valence-corrected chi connectivity index (χ2v) is 9.49. The molecule has 2 amide bonds. The first kappa shape index (κ1) is 20.5. The van der Waals surface area contributed by atoms with Crippen molar-refractivity contribution in [1.29, 1.82) is 0 Å². The first-order valence-electron chi connectivity index (χ1n) is 8.96. The molecule has 0 saturated carbocycles. The summed E-state index contributed by atoms with van der Waals surface area (Å²) in [6.45, 7) is 3.86. The Morgan fingerprint density at radius 3 is 2.61 bits per heavy atom. The van der Waals surface area contributed by atoms with Crippen LogP contribution in [-0.4, -0.2) is 44.8 Å². The van der Waals surface area contributed by atoms with Crippen LogP contribution < -0.4 is 10.0 Å². The third-order valence-electron chi connectivity index (χ3n) is 4.79. The zero-order valence-corrected chi connectivity index (χ0v) is 17.4. The Bertz CT molecular complexity index is 967. The van der Waals surface area contributed by atoms with Crippen molar-refractivity contribution >= 4 is 33.2 Å². The van der Waals surface area contributed by atoms with Crippen LogP contribution in [0.25, 0.3) is 0 Å². The summed E-state index contributed by atoms with van der Waals surface area (Å²) in [7, 11) is -3.77. The maximum absolute atomic E-state index is 12.5. The smallest absolute Gasteiger partial charge is 0.242 e. The van der Waals surface area contributed by atoms with Crippen molar-refractivity contribution in [2.75, 3.05) is 19.6 Å². The van der Waals surface area contributed by atoms with E-state index in [0.29, 0.717) is 6.54 Å². The third-order valence-corrected chi connectivity index (χ3v) is 7.20. The highest BCUT2D eigenvalue weighted by Crippen LogP contribution is 2.32. The molecule has 1 atom stereocenters. The molecule has 7 nitrogen and oxygen atoms in total. The number of nitrogens with zero attached hydrogens (tertiary/aromatic N) is 1. The number of aryl methyl sites for hydroxylation is 1. The highest BCUT2D eigenvalue weighted by Gasteiger charge is 2.28. The lowest BCUT2D eigenvalue weighted by Gasteiger charge is -2.33. The van der Waals surface area contributed by atoms with Gasteiger partial charge in [0.1, 0.15) is 0 Å². The van der Waals surface area contributed by atoms with Crippen molar-refractivity contribution in [3.63, 3.8) is 0 Å². The lowest BCUT2D eigenvalue weighted by molar-refractivity contribution is -0.134. The van der Waals surface area contributed by atoms with Gasteiger partial charge in [0.15, 0.2) is 0 Å². The Kier molecular flexibility index (Phi) is 6.17. The number of fused-ring (bicyclic) bond motifs is 1. The summed E-state index contributed by atoms with van der Waals surface area (Å²) in [5.41, 5.74) is 2.10. The van der Waals surface area contributed by atoms with Crippen LogP contribution in [-0.2, 0) is 26.0 Å². The molecule has 2 N–H and O–H groups in total. The lowest BCUT2D eigenvalue weighted by atomic mass is 10.0. The lowest BCUT2D eigenvalue weighted by Crippen LogP contribution is -2.46. The fourth-order valence-corrected chi connectivity index (χ4v) is 5.09. The fraction of sp³-hybridized carbons (Fsp3) is 0.368. The van der Waals surface area contributed by atoms with Crippen molar-refractivity contribution in [2.24, 2.45) is 0 Å². The van der Waals surface area contributed by atoms with Gasteiger partial charge in [-0.25, -0.2) is 13.1 Å². The molecule has 150 valence electrons. The van der Waals surface area contributed by atoms with Gasteiger partial charge in [-0.2, -0.15) is 0 Å². The van der Waals surface area contributed by atoms with Crippen LogP contribution in [0.15, 0.2) is 40.6 Å². The average Bonchev–Trinajstić information content (AvgIpc) is 3.15. The Labute approximate surface area is 168 Å². The molecule has 9 heteroatoms. The molecule has 0 spiro atoms. The summed E-state index contributed by atoms with van der Waals surface area (Å²) in [4.78, 5) is 27.6. The average molecular weight is 422 g/mol. The van der Waals surface area contributed by atoms with E-state index in [1.54, 1.807) is 28.4 Å². The molecule has 1 aliphatic rings. The molecule has 0 saturated heterocycles. The summed E-state index contributed by atoms with van der Waals surface area (Å²) in [6.07, 6.45) is 0.813. The SMILES string of the molecule is Cc1ccc(S(=O)(=O)NCC(=O)NCC(=O)N2CCc3sccc3[C@H]2C)cc1. The van der Waals surface area contributed by atoms with Crippen LogP contribution in [0.5, 0.6) is 0 Å². The van der Waals surface area contributed by atoms with E-state index in [2.05, 4.69) is 10.0 Å². The van der Waals surface area contributed by atoms with Gasteiger partial charge in [0.05, 0.1) is 24.0 Å². The van der Waals surface area contributed by atoms with Gasteiger partial charge in [0, 0.05) is 11.4 Å². The van der Waals surface area contributed by atoms with Gasteiger partial charge in [0.25, 0.3) is 0 Å². The Hall–Kier alpha value is -2.23. The molecular formula is C19H23N3O4S2. The second-order valence-electron chi connectivity index (χ2n) is 6.73. The molecule has 3 rings (SSSR count). The van der Waals surface area contributed by atoms with E-state index in [-0.39, 0.29) is 23.4 Å². The number of carbonyl (C=O) groups excluding carboxylic acids is 2. The van der Waals surface area contributed by atoms with E-state index in [1.165, 1.54) is 17.0 Å². The number of hydrogen-bond donors (Lipinski definition) is 2. The molecule has 0 bridgehead atoms. The first-order chi connectivity index (χ1) is 13.3. The van der Waals surface area contributed by atoms with Crippen LogP contribution in [0.4, 0.5) is 0 Å². The molecule has 2 heterocycles. The molecule has 1 aromatic carbocycles. The number of rotatable bonds is 6. The number of thiophene rings is 1. The van der Waals surface area contributed by atoms with E-state index < -0.39 is 22.5 Å². The molecule has 0 unspecified atom stereocenters. The highest BCUT2D eigenvalue weighted by molar-refractivity contribution is 7.89. The topological polar surface area (TPSA) is 95.6 Å².